The highest BCUT2D eigenvalue weighted by molar-refractivity contribution is 6.01. The summed E-state index contributed by atoms with van der Waals surface area (Å²) in [5.74, 6) is 1.33. The topological polar surface area (TPSA) is 25.2 Å². The van der Waals surface area contributed by atoms with Crippen LogP contribution in [0.25, 0.3) is 0 Å². The highest BCUT2D eigenvalue weighted by Gasteiger charge is 2.19. The zero-order valence-electron chi connectivity index (χ0n) is 13.4. The second-order valence-corrected chi connectivity index (χ2v) is 6.53. The Kier molecular flexibility index (Phi) is 5.33. The summed E-state index contributed by atoms with van der Waals surface area (Å²) in [5, 5.41) is 0. The zero-order chi connectivity index (χ0) is 14.5. The van der Waals surface area contributed by atoms with Crippen LogP contribution >= 0.6 is 0 Å². The molecule has 0 radical (unpaired) electrons. The standard InChI is InChI=1S/C18H28N2/c1-13(2)7-5-8-14(3)18-17-15(4)19-11-6-9-16(17)10-12-20-18/h10,12-14H,5-9,11H2,1-4H3. The van der Waals surface area contributed by atoms with Crippen molar-refractivity contribution in [1.82, 2.24) is 4.98 Å². The second-order valence-electron chi connectivity index (χ2n) is 6.53. The molecule has 0 aliphatic carbocycles. The minimum absolute atomic E-state index is 0.534. The molecule has 0 N–H and O–H groups in total. The maximum absolute atomic E-state index is 4.70. The van der Waals surface area contributed by atoms with Crippen LogP contribution in [0.1, 0.15) is 76.1 Å². The first-order valence-electron chi connectivity index (χ1n) is 8.08. The van der Waals surface area contributed by atoms with Gasteiger partial charge in [0.2, 0.25) is 0 Å². The number of aryl methyl sites for hydroxylation is 1. The molecule has 0 bridgehead atoms. The molecule has 0 saturated carbocycles. The van der Waals surface area contributed by atoms with Crippen LogP contribution < -0.4 is 0 Å². The third-order valence-electron chi connectivity index (χ3n) is 4.27. The Morgan fingerprint density at radius 1 is 1.20 bits per heavy atom. The fourth-order valence-corrected chi connectivity index (χ4v) is 3.08. The number of hydrogen-bond acceptors (Lipinski definition) is 2. The van der Waals surface area contributed by atoms with Gasteiger partial charge in [-0.25, -0.2) is 0 Å². The van der Waals surface area contributed by atoms with Gasteiger partial charge in [-0.2, -0.15) is 0 Å². The molecule has 0 saturated heterocycles. The van der Waals surface area contributed by atoms with E-state index in [1.54, 1.807) is 0 Å². The molecule has 0 spiro atoms. The molecule has 1 atom stereocenters. The third kappa shape index (κ3) is 3.68. The van der Waals surface area contributed by atoms with Gasteiger partial charge in [0.05, 0.1) is 5.69 Å². The van der Waals surface area contributed by atoms with Crippen molar-refractivity contribution in [3.8, 4) is 0 Å². The third-order valence-corrected chi connectivity index (χ3v) is 4.27. The molecule has 2 heterocycles. The molecule has 1 aliphatic heterocycles. The van der Waals surface area contributed by atoms with Gasteiger partial charge in [-0.15, -0.1) is 0 Å². The van der Waals surface area contributed by atoms with E-state index in [4.69, 9.17) is 9.98 Å². The quantitative estimate of drug-likeness (QED) is 0.758. The number of nitrogens with zero attached hydrogens (tertiary/aromatic N) is 2. The summed E-state index contributed by atoms with van der Waals surface area (Å²) in [5.41, 5.74) is 5.26. The van der Waals surface area contributed by atoms with Crippen LogP contribution in [-0.2, 0) is 6.42 Å². The van der Waals surface area contributed by atoms with Crippen LogP contribution in [0.15, 0.2) is 17.3 Å². The van der Waals surface area contributed by atoms with E-state index in [0.29, 0.717) is 5.92 Å². The first kappa shape index (κ1) is 15.2. The number of hydrogen-bond donors (Lipinski definition) is 0. The van der Waals surface area contributed by atoms with E-state index < -0.39 is 0 Å². The molecule has 2 heteroatoms. The van der Waals surface area contributed by atoms with Gasteiger partial charge in [0.1, 0.15) is 0 Å². The van der Waals surface area contributed by atoms with Crippen LogP contribution in [-0.4, -0.2) is 17.2 Å². The molecule has 1 unspecified atom stereocenters. The Balaban J connectivity index is 2.19. The highest BCUT2D eigenvalue weighted by atomic mass is 14.8. The van der Waals surface area contributed by atoms with Gasteiger partial charge in [-0.1, -0.05) is 33.6 Å². The second kappa shape index (κ2) is 7.01. The molecule has 0 amide bonds. The fourth-order valence-electron chi connectivity index (χ4n) is 3.08. The molecule has 0 aromatic carbocycles. The summed E-state index contributed by atoms with van der Waals surface area (Å²) in [6.45, 7) is 10.0. The van der Waals surface area contributed by atoms with Crippen molar-refractivity contribution in [2.24, 2.45) is 10.9 Å². The van der Waals surface area contributed by atoms with Crippen LogP contribution in [0.3, 0.4) is 0 Å². The predicted molar refractivity (Wildman–Crippen MR) is 86.7 cm³/mol. The van der Waals surface area contributed by atoms with E-state index >= 15 is 0 Å². The van der Waals surface area contributed by atoms with Crippen molar-refractivity contribution in [2.45, 2.75) is 65.7 Å². The number of aliphatic imine (C=N–C) groups is 1. The van der Waals surface area contributed by atoms with Crippen LogP contribution in [0.4, 0.5) is 0 Å². The maximum atomic E-state index is 4.70. The van der Waals surface area contributed by atoms with Crippen molar-refractivity contribution < 1.29 is 0 Å². The van der Waals surface area contributed by atoms with Crippen LogP contribution in [0.2, 0.25) is 0 Å². The van der Waals surface area contributed by atoms with E-state index in [1.807, 2.05) is 6.20 Å². The molecule has 0 fully saturated rings. The normalized spacial score (nSPS) is 16.6. The van der Waals surface area contributed by atoms with Crippen molar-refractivity contribution in [3.63, 3.8) is 0 Å². The smallest absolute Gasteiger partial charge is 0.0524 e. The minimum atomic E-state index is 0.534. The molecule has 2 nitrogen and oxygen atoms in total. The van der Waals surface area contributed by atoms with Gasteiger partial charge in [-0.3, -0.25) is 9.98 Å². The fraction of sp³-hybridized carbons (Fsp3) is 0.667. The molecule has 1 aromatic heterocycles. The van der Waals surface area contributed by atoms with Gasteiger partial charge >= 0.3 is 0 Å². The SMILES string of the molecule is CC1=NCCCc2ccnc(C(C)CCCC(C)C)c21. The van der Waals surface area contributed by atoms with Crippen molar-refractivity contribution in [3.05, 3.63) is 29.1 Å². The lowest BCUT2D eigenvalue weighted by molar-refractivity contribution is 0.508. The molecule has 1 aliphatic rings. The van der Waals surface area contributed by atoms with E-state index in [2.05, 4.69) is 33.8 Å². The average molecular weight is 272 g/mol. The van der Waals surface area contributed by atoms with Crippen molar-refractivity contribution in [2.75, 3.05) is 6.54 Å². The first-order valence-corrected chi connectivity index (χ1v) is 8.08. The molecule has 20 heavy (non-hydrogen) atoms. The van der Waals surface area contributed by atoms with Crippen molar-refractivity contribution >= 4 is 5.71 Å². The Hall–Kier alpha value is -1.18. The molecule has 2 rings (SSSR count). The zero-order valence-corrected chi connectivity index (χ0v) is 13.4. The molecular formula is C18H28N2. The van der Waals surface area contributed by atoms with Gasteiger partial charge in [-0.05, 0) is 49.7 Å². The predicted octanol–water partition coefficient (Wildman–Crippen LogP) is 4.77. The van der Waals surface area contributed by atoms with Gasteiger partial charge in [0.25, 0.3) is 0 Å². The Labute approximate surface area is 123 Å². The van der Waals surface area contributed by atoms with Crippen molar-refractivity contribution in [1.29, 1.82) is 0 Å². The number of rotatable bonds is 5. The minimum Gasteiger partial charge on any atom is -0.289 e. The summed E-state index contributed by atoms with van der Waals surface area (Å²) in [4.78, 5) is 9.39. The molecule has 110 valence electrons. The highest BCUT2D eigenvalue weighted by Crippen LogP contribution is 2.28. The monoisotopic (exact) mass is 272 g/mol. The lowest BCUT2D eigenvalue weighted by atomic mass is 9.90. The van der Waals surface area contributed by atoms with Gasteiger partial charge in [0, 0.05) is 24.0 Å². The first-order chi connectivity index (χ1) is 9.59. The van der Waals surface area contributed by atoms with E-state index in [9.17, 15) is 0 Å². The maximum Gasteiger partial charge on any atom is 0.0524 e. The van der Waals surface area contributed by atoms with E-state index in [0.717, 1.165) is 25.3 Å². The van der Waals surface area contributed by atoms with Gasteiger partial charge < -0.3 is 0 Å². The average Bonchev–Trinajstić information content (AvgIpc) is 2.60. The lowest BCUT2D eigenvalue weighted by Gasteiger charge is -2.18. The van der Waals surface area contributed by atoms with Gasteiger partial charge in [0.15, 0.2) is 0 Å². The van der Waals surface area contributed by atoms with Crippen LogP contribution in [0, 0.1) is 5.92 Å². The molecule has 1 aromatic rings. The van der Waals surface area contributed by atoms with Crippen LogP contribution in [0.5, 0.6) is 0 Å². The summed E-state index contributed by atoms with van der Waals surface area (Å²) in [7, 11) is 0. The Bertz CT molecular complexity index is 474. The Morgan fingerprint density at radius 3 is 2.75 bits per heavy atom. The Morgan fingerprint density at radius 2 is 2.00 bits per heavy atom. The lowest BCUT2D eigenvalue weighted by Crippen LogP contribution is -2.10. The summed E-state index contributed by atoms with van der Waals surface area (Å²) >= 11 is 0. The van der Waals surface area contributed by atoms with E-state index in [1.165, 1.54) is 41.8 Å². The number of aromatic nitrogens is 1. The number of fused-ring (bicyclic) bond motifs is 1. The number of pyridine rings is 1. The summed E-state index contributed by atoms with van der Waals surface area (Å²) < 4.78 is 0. The summed E-state index contributed by atoms with van der Waals surface area (Å²) in [6.07, 6.45) is 8.13. The largest absolute Gasteiger partial charge is 0.289 e. The summed E-state index contributed by atoms with van der Waals surface area (Å²) in [6, 6.07) is 2.18. The van der Waals surface area contributed by atoms with E-state index in [-0.39, 0.29) is 0 Å². The molecular weight excluding hydrogens is 244 g/mol.